The second-order valence-corrected chi connectivity index (χ2v) is 5.76. The van der Waals surface area contributed by atoms with E-state index >= 15 is 0 Å². The summed E-state index contributed by atoms with van der Waals surface area (Å²) >= 11 is 4.90. The predicted molar refractivity (Wildman–Crippen MR) is 64.7 cm³/mol. The van der Waals surface area contributed by atoms with Crippen molar-refractivity contribution in [3.05, 3.63) is 39.0 Å². The second-order valence-electron chi connectivity index (χ2n) is 3.27. The molecule has 0 saturated heterocycles. The SMILES string of the molecule is O=C(O)CC(c1ncc[nH]1)c1ccc(Br)s1. The van der Waals surface area contributed by atoms with E-state index in [2.05, 4.69) is 25.9 Å². The number of carboxylic acid groups (broad SMARTS) is 1. The highest BCUT2D eigenvalue weighted by Gasteiger charge is 2.21. The Labute approximate surface area is 104 Å². The molecule has 0 amide bonds. The normalized spacial score (nSPS) is 12.6. The number of imidazole rings is 1. The quantitative estimate of drug-likeness (QED) is 0.912. The summed E-state index contributed by atoms with van der Waals surface area (Å²) in [5.41, 5.74) is 0. The van der Waals surface area contributed by atoms with Crippen LogP contribution in [0, 0.1) is 0 Å². The van der Waals surface area contributed by atoms with Gasteiger partial charge in [0.25, 0.3) is 0 Å². The van der Waals surface area contributed by atoms with Gasteiger partial charge in [0, 0.05) is 17.3 Å². The van der Waals surface area contributed by atoms with Gasteiger partial charge in [-0.25, -0.2) is 4.98 Å². The number of hydrogen-bond acceptors (Lipinski definition) is 3. The van der Waals surface area contributed by atoms with Crippen molar-refractivity contribution in [2.75, 3.05) is 0 Å². The molecule has 0 aliphatic rings. The third kappa shape index (κ3) is 2.51. The van der Waals surface area contributed by atoms with Crippen LogP contribution in [0.5, 0.6) is 0 Å². The van der Waals surface area contributed by atoms with Gasteiger partial charge in [-0.1, -0.05) is 0 Å². The first-order valence-electron chi connectivity index (χ1n) is 4.63. The number of H-pyrrole nitrogens is 1. The van der Waals surface area contributed by atoms with E-state index in [-0.39, 0.29) is 12.3 Å². The van der Waals surface area contributed by atoms with Gasteiger partial charge in [-0.3, -0.25) is 4.79 Å². The van der Waals surface area contributed by atoms with Gasteiger partial charge in [-0.15, -0.1) is 11.3 Å². The minimum Gasteiger partial charge on any atom is -0.481 e. The van der Waals surface area contributed by atoms with Crippen LogP contribution in [-0.4, -0.2) is 21.0 Å². The standard InChI is InChI=1S/C10H9BrN2O2S/c11-8-2-1-7(16-8)6(5-9(14)15)10-12-3-4-13-10/h1-4,6H,5H2,(H,12,13)(H,14,15). The number of carbonyl (C=O) groups is 1. The van der Waals surface area contributed by atoms with Crippen LogP contribution in [0.4, 0.5) is 0 Å². The van der Waals surface area contributed by atoms with Gasteiger partial charge >= 0.3 is 5.97 Å². The maximum atomic E-state index is 10.8. The molecule has 0 radical (unpaired) electrons. The van der Waals surface area contributed by atoms with Crippen LogP contribution in [0.2, 0.25) is 0 Å². The predicted octanol–water partition coefficient (Wildman–Crippen LogP) is 2.84. The molecule has 0 fully saturated rings. The number of aromatic amines is 1. The Hall–Kier alpha value is -1.14. The van der Waals surface area contributed by atoms with E-state index in [1.54, 1.807) is 12.4 Å². The molecule has 0 aromatic carbocycles. The first-order valence-corrected chi connectivity index (χ1v) is 6.24. The van der Waals surface area contributed by atoms with Gasteiger partial charge < -0.3 is 10.1 Å². The highest BCUT2D eigenvalue weighted by Crippen LogP contribution is 2.33. The van der Waals surface area contributed by atoms with Crippen molar-refractivity contribution >= 4 is 33.2 Å². The Bertz CT molecular complexity index is 481. The zero-order valence-electron chi connectivity index (χ0n) is 8.18. The molecule has 0 aliphatic heterocycles. The third-order valence-corrected chi connectivity index (χ3v) is 3.90. The van der Waals surface area contributed by atoms with Crippen LogP contribution >= 0.6 is 27.3 Å². The summed E-state index contributed by atoms with van der Waals surface area (Å²) in [6, 6.07) is 3.84. The highest BCUT2D eigenvalue weighted by atomic mass is 79.9. The van der Waals surface area contributed by atoms with Crippen molar-refractivity contribution in [1.82, 2.24) is 9.97 Å². The Morgan fingerprint density at radius 1 is 1.62 bits per heavy atom. The molecule has 16 heavy (non-hydrogen) atoms. The molecular formula is C10H9BrN2O2S. The molecule has 2 heterocycles. The van der Waals surface area contributed by atoms with Gasteiger partial charge in [-0.05, 0) is 28.1 Å². The summed E-state index contributed by atoms with van der Waals surface area (Å²) < 4.78 is 0.990. The molecule has 4 nitrogen and oxygen atoms in total. The van der Waals surface area contributed by atoms with Crippen molar-refractivity contribution in [3.63, 3.8) is 0 Å². The number of hydrogen-bond donors (Lipinski definition) is 2. The molecule has 2 rings (SSSR count). The number of thiophene rings is 1. The maximum absolute atomic E-state index is 10.8. The van der Waals surface area contributed by atoms with Gasteiger partial charge in [0.05, 0.1) is 16.1 Å². The Kier molecular flexibility index (Phi) is 3.40. The van der Waals surface area contributed by atoms with E-state index in [1.807, 2.05) is 12.1 Å². The van der Waals surface area contributed by atoms with Gasteiger partial charge in [0.15, 0.2) is 0 Å². The Morgan fingerprint density at radius 2 is 2.44 bits per heavy atom. The van der Waals surface area contributed by atoms with E-state index < -0.39 is 5.97 Å². The molecule has 6 heteroatoms. The van der Waals surface area contributed by atoms with Crippen molar-refractivity contribution in [2.45, 2.75) is 12.3 Å². The van der Waals surface area contributed by atoms with E-state index in [9.17, 15) is 4.79 Å². The largest absolute Gasteiger partial charge is 0.481 e. The average molecular weight is 301 g/mol. The molecule has 2 aromatic rings. The first kappa shape index (κ1) is 11.3. The fraction of sp³-hybridized carbons (Fsp3) is 0.200. The van der Waals surface area contributed by atoms with Crippen LogP contribution in [0.25, 0.3) is 0 Å². The third-order valence-electron chi connectivity index (χ3n) is 2.17. The Balaban J connectivity index is 2.31. The fourth-order valence-electron chi connectivity index (χ4n) is 1.49. The summed E-state index contributed by atoms with van der Waals surface area (Å²) in [4.78, 5) is 18.9. The van der Waals surface area contributed by atoms with Crippen molar-refractivity contribution in [2.24, 2.45) is 0 Å². The zero-order chi connectivity index (χ0) is 11.5. The van der Waals surface area contributed by atoms with Gasteiger partial charge in [0.2, 0.25) is 0 Å². The lowest BCUT2D eigenvalue weighted by atomic mass is 10.0. The highest BCUT2D eigenvalue weighted by molar-refractivity contribution is 9.11. The number of halogens is 1. The number of rotatable bonds is 4. The first-order chi connectivity index (χ1) is 7.66. The summed E-state index contributed by atoms with van der Waals surface area (Å²) in [6.45, 7) is 0. The summed E-state index contributed by atoms with van der Waals surface area (Å²) in [7, 11) is 0. The van der Waals surface area contributed by atoms with Crippen molar-refractivity contribution in [3.8, 4) is 0 Å². The van der Waals surface area contributed by atoms with Gasteiger partial charge in [-0.2, -0.15) is 0 Å². The molecule has 84 valence electrons. The number of aromatic nitrogens is 2. The molecular weight excluding hydrogens is 292 g/mol. The maximum Gasteiger partial charge on any atom is 0.304 e. The lowest BCUT2D eigenvalue weighted by Crippen LogP contribution is -2.08. The van der Waals surface area contributed by atoms with Crippen LogP contribution in [-0.2, 0) is 4.79 Å². The van der Waals surface area contributed by atoms with Crippen LogP contribution < -0.4 is 0 Å². The lowest BCUT2D eigenvalue weighted by Gasteiger charge is -2.09. The average Bonchev–Trinajstić information content (AvgIpc) is 2.84. The number of aliphatic carboxylic acids is 1. The molecule has 2 aromatic heterocycles. The monoisotopic (exact) mass is 300 g/mol. The summed E-state index contributed by atoms with van der Waals surface area (Å²) in [5, 5.41) is 8.90. The molecule has 0 saturated carbocycles. The van der Waals surface area contributed by atoms with Crippen LogP contribution in [0.15, 0.2) is 28.3 Å². The Morgan fingerprint density at radius 3 is 2.94 bits per heavy atom. The van der Waals surface area contributed by atoms with Crippen LogP contribution in [0.3, 0.4) is 0 Å². The minimum absolute atomic E-state index is 0.0421. The number of nitrogens with one attached hydrogen (secondary N) is 1. The number of nitrogens with zero attached hydrogens (tertiary/aromatic N) is 1. The summed E-state index contributed by atoms with van der Waals surface area (Å²) in [5.74, 6) is -0.341. The van der Waals surface area contributed by atoms with Crippen molar-refractivity contribution in [1.29, 1.82) is 0 Å². The van der Waals surface area contributed by atoms with E-state index in [0.717, 1.165) is 8.66 Å². The number of carboxylic acids is 1. The summed E-state index contributed by atoms with van der Waals surface area (Å²) in [6.07, 6.45) is 3.38. The van der Waals surface area contributed by atoms with Crippen LogP contribution in [0.1, 0.15) is 23.0 Å². The molecule has 0 bridgehead atoms. The molecule has 0 spiro atoms. The minimum atomic E-state index is -0.828. The van der Waals surface area contributed by atoms with Gasteiger partial charge in [0.1, 0.15) is 5.82 Å². The van der Waals surface area contributed by atoms with E-state index in [1.165, 1.54) is 11.3 Å². The molecule has 1 unspecified atom stereocenters. The molecule has 0 aliphatic carbocycles. The lowest BCUT2D eigenvalue weighted by molar-refractivity contribution is -0.137. The molecule has 2 N–H and O–H groups in total. The zero-order valence-corrected chi connectivity index (χ0v) is 10.6. The smallest absolute Gasteiger partial charge is 0.304 e. The molecule has 1 atom stereocenters. The second kappa shape index (κ2) is 4.80. The van der Waals surface area contributed by atoms with E-state index in [0.29, 0.717) is 5.82 Å². The topological polar surface area (TPSA) is 66.0 Å². The van der Waals surface area contributed by atoms with Crippen molar-refractivity contribution < 1.29 is 9.90 Å². The van der Waals surface area contributed by atoms with E-state index in [4.69, 9.17) is 5.11 Å². The fourth-order valence-corrected chi connectivity index (χ4v) is 3.02.